The van der Waals surface area contributed by atoms with Gasteiger partial charge >= 0.3 is 6.09 Å². The molecule has 2 N–H and O–H groups in total. The van der Waals surface area contributed by atoms with Gasteiger partial charge < -0.3 is 10.1 Å². The molecule has 2 heterocycles. The number of nitrogens with one attached hydrogen (secondary N) is 1. The first kappa shape index (κ1) is 14.2. The van der Waals surface area contributed by atoms with Crippen LogP contribution in [0.1, 0.15) is 11.4 Å². The highest BCUT2D eigenvalue weighted by Gasteiger charge is 2.17. The number of aromatic amines is 1. The van der Waals surface area contributed by atoms with Crippen molar-refractivity contribution in [2.75, 3.05) is 0 Å². The lowest BCUT2D eigenvalue weighted by Gasteiger charge is -2.04. The first-order valence-electron chi connectivity index (χ1n) is 6.47. The average Bonchev–Trinajstić information content (AvgIpc) is 2.89. The number of carboxylic acid groups (broad SMARTS) is 1. The Bertz CT molecular complexity index is 985. The molecule has 3 rings (SSSR count). The van der Waals surface area contributed by atoms with Gasteiger partial charge in [-0.25, -0.2) is 14.3 Å². The molecule has 0 aliphatic rings. The van der Waals surface area contributed by atoms with Gasteiger partial charge in [0.1, 0.15) is 5.82 Å². The lowest BCUT2D eigenvalue weighted by atomic mass is 10.1. The molecule has 0 aliphatic heterocycles. The molecule has 0 saturated carbocycles. The van der Waals surface area contributed by atoms with Gasteiger partial charge in [-0.05, 0) is 17.8 Å². The predicted octanol–water partition coefficient (Wildman–Crippen LogP) is 1.91. The standard InChI is InChI=1S/C14H12N4O3S/c1-17-12(19)10-11(18(13(17)22)14(20)21)16-9(15-10)7-8-5-3-2-4-6-8/h2-6H,7H2,1H3,(H,15,16)(H,20,21). The molecule has 0 unspecified atom stereocenters. The Hall–Kier alpha value is -2.74. The fraction of sp³-hybridized carbons (Fsp3) is 0.143. The molecule has 0 saturated heterocycles. The molecule has 8 heteroatoms. The van der Waals surface area contributed by atoms with Gasteiger partial charge in [0.25, 0.3) is 5.56 Å². The molecule has 0 atom stereocenters. The van der Waals surface area contributed by atoms with Crippen LogP contribution in [-0.2, 0) is 13.5 Å². The number of nitrogens with zero attached hydrogens (tertiary/aromatic N) is 3. The Morgan fingerprint density at radius 2 is 2.05 bits per heavy atom. The topological polar surface area (TPSA) is 92.9 Å². The SMILES string of the molecule is Cn1c(=O)c2[nH]c(Cc3ccccc3)nc2n(C(=O)O)c1=S. The maximum Gasteiger partial charge on any atom is 0.419 e. The molecule has 0 aliphatic carbocycles. The molecule has 112 valence electrons. The van der Waals surface area contributed by atoms with Crippen molar-refractivity contribution in [3.8, 4) is 0 Å². The summed E-state index contributed by atoms with van der Waals surface area (Å²) < 4.78 is 1.83. The molecular weight excluding hydrogens is 304 g/mol. The van der Waals surface area contributed by atoms with Crippen LogP contribution in [0, 0.1) is 4.77 Å². The van der Waals surface area contributed by atoms with E-state index in [1.807, 2.05) is 30.3 Å². The van der Waals surface area contributed by atoms with E-state index in [9.17, 15) is 14.7 Å². The van der Waals surface area contributed by atoms with Crippen LogP contribution in [0.5, 0.6) is 0 Å². The van der Waals surface area contributed by atoms with Crippen molar-refractivity contribution >= 4 is 29.5 Å². The monoisotopic (exact) mass is 316 g/mol. The van der Waals surface area contributed by atoms with Crippen molar-refractivity contribution in [3.63, 3.8) is 0 Å². The third-order valence-electron chi connectivity index (χ3n) is 3.35. The van der Waals surface area contributed by atoms with Gasteiger partial charge in [0.05, 0.1) is 0 Å². The maximum atomic E-state index is 12.2. The van der Waals surface area contributed by atoms with E-state index in [0.29, 0.717) is 12.2 Å². The van der Waals surface area contributed by atoms with Crippen LogP contribution < -0.4 is 5.56 Å². The maximum absolute atomic E-state index is 12.2. The van der Waals surface area contributed by atoms with Crippen LogP contribution >= 0.6 is 12.2 Å². The van der Waals surface area contributed by atoms with Crippen LogP contribution in [0.2, 0.25) is 0 Å². The number of benzene rings is 1. The van der Waals surface area contributed by atoms with Gasteiger partial charge in [-0.15, -0.1) is 0 Å². The Kier molecular flexibility index (Phi) is 3.38. The van der Waals surface area contributed by atoms with Crippen LogP contribution in [0.25, 0.3) is 11.2 Å². The van der Waals surface area contributed by atoms with E-state index >= 15 is 0 Å². The number of aromatic nitrogens is 4. The van der Waals surface area contributed by atoms with Gasteiger partial charge in [0.15, 0.2) is 15.9 Å². The predicted molar refractivity (Wildman–Crippen MR) is 82.8 cm³/mol. The van der Waals surface area contributed by atoms with Crippen molar-refractivity contribution in [1.82, 2.24) is 19.1 Å². The first-order valence-corrected chi connectivity index (χ1v) is 6.87. The van der Waals surface area contributed by atoms with Crippen molar-refractivity contribution in [3.05, 3.63) is 56.8 Å². The zero-order valence-corrected chi connectivity index (χ0v) is 12.4. The third-order valence-corrected chi connectivity index (χ3v) is 3.80. The van der Waals surface area contributed by atoms with Crippen LogP contribution in [0.4, 0.5) is 4.79 Å². The smallest absolute Gasteiger partial charge is 0.419 e. The minimum absolute atomic E-state index is 0.0338. The largest absolute Gasteiger partial charge is 0.464 e. The molecule has 22 heavy (non-hydrogen) atoms. The number of hydrogen-bond donors (Lipinski definition) is 2. The summed E-state index contributed by atoms with van der Waals surface area (Å²) in [6.07, 6.45) is -0.811. The summed E-state index contributed by atoms with van der Waals surface area (Å²) in [5.41, 5.74) is 0.763. The Morgan fingerprint density at radius 3 is 2.68 bits per heavy atom. The van der Waals surface area contributed by atoms with E-state index < -0.39 is 11.7 Å². The minimum atomic E-state index is -1.27. The van der Waals surface area contributed by atoms with Crippen molar-refractivity contribution in [2.45, 2.75) is 6.42 Å². The quantitative estimate of drug-likeness (QED) is 0.705. The summed E-state index contributed by atoms with van der Waals surface area (Å²) in [5.74, 6) is 0.508. The summed E-state index contributed by atoms with van der Waals surface area (Å²) in [4.78, 5) is 30.7. The molecule has 0 bridgehead atoms. The van der Waals surface area contributed by atoms with Crippen LogP contribution in [0.15, 0.2) is 35.1 Å². The summed E-state index contributed by atoms with van der Waals surface area (Å²) in [5, 5.41) is 9.31. The number of H-pyrrole nitrogens is 1. The first-order chi connectivity index (χ1) is 10.5. The van der Waals surface area contributed by atoms with E-state index in [1.165, 1.54) is 7.05 Å². The molecule has 0 spiro atoms. The second-order valence-electron chi connectivity index (χ2n) is 4.81. The van der Waals surface area contributed by atoms with Gasteiger partial charge in [0.2, 0.25) is 0 Å². The van der Waals surface area contributed by atoms with Gasteiger partial charge in [-0.3, -0.25) is 9.36 Å². The molecule has 0 amide bonds. The third kappa shape index (κ3) is 2.23. The molecule has 7 nitrogen and oxygen atoms in total. The lowest BCUT2D eigenvalue weighted by Crippen LogP contribution is -2.25. The highest BCUT2D eigenvalue weighted by molar-refractivity contribution is 7.71. The molecule has 0 radical (unpaired) electrons. The molecular formula is C14H12N4O3S. The van der Waals surface area contributed by atoms with Crippen molar-refractivity contribution in [1.29, 1.82) is 0 Å². The lowest BCUT2D eigenvalue weighted by molar-refractivity contribution is 0.196. The summed E-state index contributed by atoms with van der Waals surface area (Å²) in [6, 6.07) is 9.55. The van der Waals surface area contributed by atoms with E-state index in [0.717, 1.165) is 14.7 Å². The van der Waals surface area contributed by atoms with Crippen LogP contribution in [-0.4, -0.2) is 30.3 Å². The van der Waals surface area contributed by atoms with Crippen molar-refractivity contribution < 1.29 is 9.90 Å². The number of fused-ring (bicyclic) bond motifs is 1. The second kappa shape index (κ2) is 5.23. The van der Waals surface area contributed by atoms with Gasteiger partial charge in [-0.1, -0.05) is 30.3 Å². The molecule has 1 aromatic carbocycles. The molecule has 2 aromatic heterocycles. The van der Waals surface area contributed by atoms with E-state index in [1.54, 1.807) is 0 Å². The Labute approximate surface area is 129 Å². The minimum Gasteiger partial charge on any atom is -0.464 e. The van der Waals surface area contributed by atoms with E-state index in [-0.39, 0.29) is 15.9 Å². The van der Waals surface area contributed by atoms with Crippen LogP contribution in [0.3, 0.4) is 0 Å². The number of hydrogen-bond acceptors (Lipinski definition) is 4. The molecule has 0 fully saturated rings. The number of imidazole rings is 1. The van der Waals surface area contributed by atoms with Gasteiger partial charge in [-0.2, -0.15) is 0 Å². The van der Waals surface area contributed by atoms with Gasteiger partial charge in [0, 0.05) is 13.5 Å². The zero-order chi connectivity index (χ0) is 15.9. The summed E-state index contributed by atoms with van der Waals surface area (Å²) in [6.45, 7) is 0. The Morgan fingerprint density at radius 1 is 1.36 bits per heavy atom. The average molecular weight is 316 g/mol. The number of rotatable bonds is 2. The molecule has 3 aromatic rings. The van der Waals surface area contributed by atoms with E-state index in [2.05, 4.69) is 9.97 Å². The summed E-state index contributed by atoms with van der Waals surface area (Å²) >= 11 is 5.01. The zero-order valence-electron chi connectivity index (χ0n) is 11.6. The fourth-order valence-corrected chi connectivity index (χ4v) is 2.51. The highest BCUT2D eigenvalue weighted by atomic mass is 32.1. The van der Waals surface area contributed by atoms with E-state index in [4.69, 9.17) is 12.2 Å². The Balaban J connectivity index is 2.23. The summed E-state index contributed by atoms with van der Waals surface area (Å²) in [7, 11) is 1.43. The second-order valence-corrected chi connectivity index (χ2v) is 5.17. The number of carbonyl (C=O) groups is 1. The normalized spacial score (nSPS) is 11.0. The highest BCUT2D eigenvalue weighted by Crippen LogP contribution is 2.12. The van der Waals surface area contributed by atoms with Crippen molar-refractivity contribution in [2.24, 2.45) is 7.05 Å². The fourth-order valence-electron chi connectivity index (χ4n) is 2.26.